The van der Waals surface area contributed by atoms with Crippen LogP contribution in [0.3, 0.4) is 0 Å². The normalized spacial score (nSPS) is 10.7. The molecule has 0 aliphatic rings. The van der Waals surface area contributed by atoms with Crippen molar-refractivity contribution in [1.29, 1.82) is 0 Å². The van der Waals surface area contributed by atoms with Crippen LogP contribution in [0.5, 0.6) is 0 Å². The number of carbonyl (C=O) groups is 2. The van der Waals surface area contributed by atoms with E-state index < -0.39 is 5.91 Å². The van der Waals surface area contributed by atoms with E-state index in [0.717, 1.165) is 17.0 Å². The SMILES string of the molecule is CN(CCCc1cc(-c2ccc(F)cc2)n[nH]1)C(=O)CNC(=O)c1ccc(Cl)c(Cl)c1. The molecule has 1 heterocycles. The Balaban J connectivity index is 1.42. The minimum atomic E-state index is -0.397. The second-order valence-electron chi connectivity index (χ2n) is 7.02. The number of nitrogens with zero attached hydrogens (tertiary/aromatic N) is 2. The highest BCUT2D eigenvalue weighted by atomic mass is 35.5. The fraction of sp³-hybridized carbons (Fsp3) is 0.227. The minimum absolute atomic E-state index is 0.117. The largest absolute Gasteiger partial charge is 0.344 e. The number of rotatable bonds is 8. The molecular weight excluding hydrogens is 442 g/mol. The Morgan fingerprint density at radius 1 is 1.10 bits per heavy atom. The first-order valence-corrected chi connectivity index (χ1v) is 10.4. The third-order valence-corrected chi connectivity index (χ3v) is 5.46. The molecule has 31 heavy (non-hydrogen) atoms. The molecule has 1 aromatic heterocycles. The van der Waals surface area contributed by atoms with Gasteiger partial charge in [-0.15, -0.1) is 0 Å². The third-order valence-electron chi connectivity index (χ3n) is 4.72. The molecule has 0 atom stereocenters. The summed E-state index contributed by atoms with van der Waals surface area (Å²) in [5.41, 5.74) is 2.83. The molecule has 0 aliphatic carbocycles. The van der Waals surface area contributed by atoms with Crippen LogP contribution >= 0.6 is 23.2 Å². The quantitative estimate of drug-likeness (QED) is 0.522. The molecule has 0 spiro atoms. The van der Waals surface area contributed by atoms with E-state index in [4.69, 9.17) is 23.2 Å². The molecule has 9 heteroatoms. The summed E-state index contributed by atoms with van der Waals surface area (Å²) in [6.45, 7) is 0.404. The highest BCUT2D eigenvalue weighted by Crippen LogP contribution is 2.22. The number of benzene rings is 2. The molecule has 0 fully saturated rings. The van der Waals surface area contributed by atoms with E-state index in [9.17, 15) is 14.0 Å². The van der Waals surface area contributed by atoms with Gasteiger partial charge in [0.25, 0.3) is 5.91 Å². The van der Waals surface area contributed by atoms with Crippen LogP contribution in [0.15, 0.2) is 48.5 Å². The number of likely N-dealkylation sites (N-methyl/N-ethyl adjacent to an activating group) is 1. The summed E-state index contributed by atoms with van der Waals surface area (Å²) in [6.07, 6.45) is 1.41. The highest BCUT2D eigenvalue weighted by Gasteiger charge is 2.13. The molecule has 3 aromatic rings. The number of H-pyrrole nitrogens is 1. The standard InChI is InChI=1S/C22H21Cl2FN4O2/c1-29(21(30)13-26-22(31)15-6-9-18(23)19(24)11-15)10-2-3-17-12-20(28-27-17)14-4-7-16(25)8-5-14/h4-9,11-12H,2-3,10,13H2,1H3,(H,26,31)(H,27,28). The van der Waals surface area contributed by atoms with Crippen LogP contribution in [0.4, 0.5) is 4.39 Å². The van der Waals surface area contributed by atoms with Crippen molar-refractivity contribution in [3.05, 3.63) is 75.7 Å². The number of carbonyl (C=O) groups excluding carboxylic acids is 2. The van der Waals surface area contributed by atoms with E-state index in [2.05, 4.69) is 15.5 Å². The monoisotopic (exact) mass is 462 g/mol. The van der Waals surface area contributed by atoms with Crippen molar-refractivity contribution < 1.29 is 14.0 Å². The van der Waals surface area contributed by atoms with Crippen molar-refractivity contribution in [3.8, 4) is 11.3 Å². The van der Waals surface area contributed by atoms with Gasteiger partial charge in [-0.25, -0.2) is 4.39 Å². The van der Waals surface area contributed by atoms with Crippen molar-refractivity contribution >= 4 is 35.0 Å². The predicted molar refractivity (Wildman–Crippen MR) is 119 cm³/mol. The van der Waals surface area contributed by atoms with Gasteiger partial charge >= 0.3 is 0 Å². The van der Waals surface area contributed by atoms with E-state index in [-0.39, 0.29) is 23.3 Å². The number of nitrogens with one attached hydrogen (secondary N) is 2. The van der Waals surface area contributed by atoms with E-state index in [1.807, 2.05) is 6.07 Å². The zero-order valence-electron chi connectivity index (χ0n) is 16.8. The fourth-order valence-electron chi connectivity index (χ4n) is 2.92. The van der Waals surface area contributed by atoms with Gasteiger partial charge in [0.15, 0.2) is 0 Å². The number of hydrogen-bond donors (Lipinski definition) is 2. The van der Waals surface area contributed by atoms with E-state index in [1.54, 1.807) is 30.1 Å². The Morgan fingerprint density at radius 2 is 1.84 bits per heavy atom. The predicted octanol–water partition coefficient (Wildman–Crippen LogP) is 4.34. The van der Waals surface area contributed by atoms with Gasteiger partial charge in [-0.1, -0.05) is 23.2 Å². The molecule has 0 saturated carbocycles. The minimum Gasteiger partial charge on any atom is -0.344 e. The number of hydrogen-bond acceptors (Lipinski definition) is 3. The Kier molecular flexibility index (Phi) is 7.65. The topological polar surface area (TPSA) is 78.1 Å². The van der Waals surface area contributed by atoms with Gasteiger partial charge in [0.05, 0.1) is 22.3 Å². The Bertz CT molecular complexity index is 1070. The molecule has 2 aromatic carbocycles. The summed E-state index contributed by atoms with van der Waals surface area (Å²) in [6, 6.07) is 12.6. The molecule has 0 bridgehead atoms. The summed E-state index contributed by atoms with van der Waals surface area (Å²) in [7, 11) is 1.69. The Labute approximate surface area is 189 Å². The van der Waals surface area contributed by atoms with E-state index in [0.29, 0.717) is 30.0 Å². The van der Waals surface area contributed by atoms with Crippen LogP contribution in [0, 0.1) is 5.82 Å². The number of aryl methyl sites for hydroxylation is 1. The summed E-state index contributed by atoms with van der Waals surface area (Å²) in [4.78, 5) is 26.0. The van der Waals surface area contributed by atoms with Gasteiger partial charge in [-0.3, -0.25) is 14.7 Å². The molecule has 0 saturated heterocycles. The average molecular weight is 463 g/mol. The molecule has 6 nitrogen and oxygen atoms in total. The Morgan fingerprint density at radius 3 is 2.55 bits per heavy atom. The Hall–Kier alpha value is -2.90. The molecule has 0 unspecified atom stereocenters. The number of aromatic amines is 1. The van der Waals surface area contributed by atoms with Crippen molar-refractivity contribution in [2.75, 3.05) is 20.1 Å². The summed E-state index contributed by atoms with van der Waals surface area (Å²) in [5, 5.41) is 10.4. The maximum atomic E-state index is 13.0. The molecule has 0 radical (unpaired) electrons. The van der Waals surface area contributed by atoms with E-state index in [1.165, 1.54) is 24.3 Å². The van der Waals surface area contributed by atoms with Gasteiger partial charge in [0.2, 0.25) is 5.91 Å². The van der Waals surface area contributed by atoms with Crippen LogP contribution in [-0.2, 0) is 11.2 Å². The van der Waals surface area contributed by atoms with Crippen molar-refractivity contribution in [3.63, 3.8) is 0 Å². The van der Waals surface area contributed by atoms with Crippen LogP contribution in [-0.4, -0.2) is 47.0 Å². The summed E-state index contributed by atoms with van der Waals surface area (Å²) >= 11 is 11.8. The maximum absolute atomic E-state index is 13.0. The first kappa shape index (κ1) is 22.8. The van der Waals surface area contributed by atoms with Crippen molar-refractivity contribution in [2.45, 2.75) is 12.8 Å². The lowest BCUT2D eigenvalue weighted by molar-refractivity contribution is -0.128. The summed E-state index contributed by atoms with van der Waals surface area (Å²) < 4.78 is 13.0. The van der Waals surface area contributed by atoms with Gasteiger partial charge in [0.1, 0.15) is 5.82 Å². The van der Waals surface area contributed by atoms with Gasteiger partial charge < -0.3 is 10.2 Å². The van der Waals surface area contributed by atoms with E-state index >= 15 is 0 Å². The zero-order chi connectivity index (χ0) is 22.4. The molecule has 162 valence electrons. The summed E-state index contributed by atoms with van der Waals surface area (Å²) in [5.74, 6) is -0.892. The second kappa shape index (κ2) is 10.4. The fourth-order valence-corrected chi connectivity index (χ4v) is 3.22. The van der Waals surface area contributed by atoms with Crippen LogP contribution in [0.2, 0.25) is 10.0 Å². The van der Waals surface area contributed by atoms with Crippen molar-refractivity contribution in [2.24, 2.45) is 0 Å². The first-order valence-electron chi connectivity index (χ1n) is 9.61. The lowest BCUT2D eigenvalue weighted by atomic mass is 10.1. The van der Waals surface area contributed by atoms with Crippen LogP contribution in [0.25, 0.3) is 11.3 Å². The van der Waals surface area contributed by atoms with Crippen LogP contribution in [0.1, 0.15) is 22.5 Å². The lowest BCUT2D eigenvalue weighted by Crippen LogP contribution is -2.38. The highest BCUT2D eigenvalue weighted by molar-refractivity contribution is 6.42. The number of halogens is 3. The second-order valence-corrected chi connectivity index (χ2v) is 7.83. The first-order chi connectivity index (χ1) is 14.8. The van der Waals surface area contributed by atoms with Gasteiger partial charge in [-0.2, -0.15) is 5.10 Å². The molecule has 2 amide bonds. The smallest absolute Gasteiger partial charge is 0.251 e. The third kappa shape index (κ3) is 6.29. The van der Waals surface area contributed by atoms with Crippen molar-refractivity contribution in [1.82, 2.24) is 20.4 Å². The van der Waals surface area contributed by atoms with Gasteiger partial charge in [0, 0.05) is 30.4 Å². The molecule has 2 N–H and O–H groups in total. The average Bonchev–Trinajstić information content (AvgIpc) is 3.23. The van der Waals surface area contributed by atoms with Crippen LogP contribution < -0.4 is 5.32 Å². The molecule has 0 aliphatic heterocycles. The maximum Gasteiger partial charge on any atom is 0.251 e. The zero-order valence-corrected chi connectivity index (χ0v) is 18.3. The number of amides is 2. The number of aromatic nitrogens is 2. The molecular formula is C22H21Cl2FN4O2. The van der Waals surface area contributed by atoms with Gasteiger partial charge in [-0.05, 0) is 61.4 Å². The lowest BCUT2D eigenvalue weighted by Gasteiger charge is -2.17. The molecule has 3 rings (SSSR count).